The molecule has 0 unspecified atom stereocenters. The maximum atomic E-state index is 12.7. The summed E-state index contributed by atoms with van der Waals surface area (Å²) in [6.45, 7) is 2.67. The molecule has 1 amide bonds. The molecule has 0 spiro atoms. The molecule has 2 N–H and O–H groups in total. The molecule has 0 saturated carbocycles. The minimum atomic E-state index is -0.191. The highest BCUT2D eigenvalue weighted by atomic mass is 16.2. The van der Waals surface area contributed by atoms with Crippen LogP contribution in [0.5, 0.6) is 0 Å². The number of carbonyl (C=O) groups excluding carboxylic acids is 1. The first-order valence-electron chi connectivity index (χ1n) is 10.3. The number of rotatable bonds is 5. The molecule has 5 rings (SSSR count). The lowest BCUT2D eigenvalue weighted by Gasteiger charge is -2.34. The van der Waals surface area contributed by atoms with Crippen LogP contribution < -0.4 is 10.5 Å². The molecule has 1 aromatic carbocycles. The van der Waals surface area contributed by atoms with Gasteiger partial charge in [-0.25, -0.2) is 10.1 Å². The minimum Gasteiger partial charge on any atom is -0.339 e. The monoisotopic (exact) mass is 418 g/mol. The van der Waals surface area contributed by atoms with E-state index < -0.39 is 0 Å². The Labute approximate surface area is 177 Å². The van der Waals surface area contributed by atoms with E-state index in [1.54, 1.807) is 18.5 Å². The Kier molecular flexibility index (Phi) is 5.03. The minimum absolute atomic E-state index is 0.137. The van der Waals surface area contributed by atoms with E-state index in [-0.39, 0.29) is 11.5 Å². The molecular formula is C21H22N8O2. The molecule has 0 atom stereocenters. The largest absolute Gasteiger partial charge is 0.339 e. The fraction of sp³-hybridized carbons (Fsp3) is 0.333. The second-order valence-corrected chi connectivity index (χ2v) is 7.61. The second kappa shape index (κ2) is 8.13. The molecule has 10 nitrogen and oxygen atoms in total. The van der Waals surface area contributed by atoms with Crippen LogP contribution in [0.1, 0.15) is 18.5 Å². The number of hydrogen-bond donors (Lipinski definition) is 2. The number of aryl methyl sites for hydroxylation is 1. The average molecular weight is 418 g/mol. The molecule has 0 radical (unpaired) electrons. The van der Waals surface area contributed by atoms with Gasteiger partial charge in [0.1, 0.15) is 0 Å². The summed E-state index contributed by atoms with van der Waals surface area (Å²) in [7, 11) is 0. The van der Waals surface area contributed by atoms with Gasteiger partial charge in [-0.2, -0.15) is 15.2 Å². The van der Waals surface area contributed by atoms with Crippen LogP contribution in [-0.4, -0.2) is 67.3 Å². The van der Waals surface area contributed by atoms with Crippen molar-refractivity contribution in [1.29, 1.82) is 0 Å². The summed E-state index contributed by atoms with van der Waals surface area (Å²) in [5, 5.41) is 15.9. The van der Waals surface area contributed by atoms with Crippen molar-refractivity contribution in [2.45, 2.75) is 19.3 Å². The van der Waals surface area contributed by atoms with Crippen molar-refractivity contribution in [1.82, 2.24) is 35.3 Å². The molecular weight excluding hydrogens is 396 g/mol. The van der Waals surface area contributed by atoms with Crippen molar-refractivity contribution < 1.29 is 4.79 Å². The fourth-order valence-corrected chi connectivity index (χ4v) is 3.96. The molecule has 31 heavy (non-hydrogen) atoms. The topological polar surface area (TPSA) is 124 Å². The highest BCUT2D eigenvalue weighted by Crippen LogP contribution is 2.17. The highest BCUT2D eigenvalue weighted by Gasteiger charge is 2.22. The lowest BCUT2D eigenvalue weighted by Crippen LogP contribution is -2.49. The van der Waals surface area contributed by atoms with Crippen LogP contribution in [0.15, 0.2) is 41.5 Å². The van der Waals surface area contributed by atoms with Gasteiger partial charge in [0.05, 0.1) is 22.7 Å². The lowest BCUT2D eigenvalue weighted by molar-refractivity contribution is -0.131. The van der Waals surface area contributed by atoms with Gasteiger partial charge >= 0.3 is 0 Å². The number of nitrogens with one attached hydrogen (secondary N) is 2. The maximum Gasteiger partial charge on any atom is 0.272 e. The van der Waals surface area contributed by atoms with E-state index in [4.69, 9.17) is 0 Å². The first-order chi connectivity index (χ1) is 15.2. The van der Waals surface area contributed by atoms with E-state index in [0.29, 0.717) is 62.4 Å². The normalized spacial score (nSPS) is 14.5. The first-order valence-corrected chi connectivity index (χ1v) is 10.3. The van der Waals surface area contributed by atoms with Gasteiger partial charge in [0.15, 0.2) is 5.65 Å². The van der Waals surface area contributed by atoms with E-state index in [1.807, 2.05) is 23.1 Å². The number of aromatic amines is 2. The summed E-state index contributed by atoms with van der Waals surface area (Å²) in [6, 6.07) is 7.42. The maximum absolute atomic E-state index is 12.7. The van der Waals surface area contributed by atoms with Crippen LogP contribution in [0.3, 0.4) is 0 Å². The van der Waals surface area contributed by atoms with E-state index in [0.717, 1.165) is 16.5 Å². The number of nitrogens with zero attached hydrogens (tertiary/aromatic N) is 6. The SMILES string of the molecule is O=C(CCCc1n[nH]c(=O)c2ccccc12)N1CCN(c2ncc3cn[nH]c3n2)CC1. The quantitative estimate of drug-likeness (QED) is 0.500. The van der Waals surface area contributed by atoms with Gasteiger partial charge in [0.25, 0.3) is 5.56 Å². The van der Waals surface area contributed by atoms with Crippen LogP contribution in [-0.2, 0) is 11.2 Å². The van der Waals surface area contributed by atoms with Crippen LogP contribution in [0.25, 0.3) is 21.8 Å². The summed E-state index contributed by atoms with van der Waals surface area (Å²) in [5.74, 6) is 0.790. The predicted octanol–water partition coefficient (Wildman–Crippen LogP) is 1.26. The smallest absolute Gasteiger partial charge is 0.272 e. The number of piperazine rings is 1. The van der Waals surface area contributed by atoms with Crippen LogP contribution in [0.4, 0.5) is 5.95 Å². The zero-order chi connectivity index (χ0) is 21.2. The van der Waals surface area contributed by atoms with Gasteiger partial charge in [0.2, 0.25) is 11.9 Å². The molecule has 4 heterocycles. The Morgan fingerprint density at radius 3 is 2.68 bits per heavy atom. The van der Waals surface area contributed by atoms with Crippen molar-refractivity contribution in [3.05, 3.63) is 52.7 Å². The summed E-state index contributed by atoms with van der Waals surface area (Å²) in [5.41, 5.74) is 1.34. The third-order valence-electron chi connectivity index (χ3n) is 5.67. The molecule has 158 valence electrons. The average Bonchev–Trinajstić information content (AvgIpc) is 3.29. The Morgan fingerprint density at radius 1 is 1.03 bits per heavy atom. The summed E-state index contributed by atoms with van der Waals surface area (Å²) >= 11 is 0. The molecule has 1 saturated heterocycles. The van der Waals surface area contributed by atoms with Crippen molar-refractivity contribution >= 4 is 33.7 Å². The Hall–Kier alpha value is -3.82. The molecule has 1 aliphatic heterocycles. The highest BCUT2D eigenvalue weighted by molar-refractivity contribution is 5.83. The fourth-order valence-electron chi connectivity index (χ4n) is 3.96. The molecule has 4 aromatic rings. The van der Waals surface area contributed by atoms with Crippen LogP contribution in [0, 0.1) is 0 Å². The Balaban J connectivity index is 1.15. The predicted molar refractivity (Wildman–Crippen MR) is 116 cm³/mol. The first kappa shape index (κ1) is 19.2. The number of aromatic nitrogens is 6. The molecule has 3 aromatic heterocycles. The second-order valence-electron chi connectivity index (χ2n) is 7.61. The summed E-state index contributed by atoms with van der Waals surface area (Å²) in [6.07, 6.45) is 5.23. The number of carbonyl (C=O) groups is 1. The van der Waals surface area contributed by atoms with Crippen LogP contribution >= 0.6 is 0 Å². The van der Waals surface area contributed by atoms with E-state index in [9.17, 15) is 9.59 Å². The van der Waals surface area contributed by atoms with E-state index in [1.165, 1.54) is 0 Å². The van der Waals surface area contributed by atoms with E-state index in [2.05, 4.69) is 35.3 Å². The van der Waals surface area contributed by atoms with Crippen molar-refractivity contribution in [2.24, 2.45) is 0 Å². The lowest BCUT2D eigenvalue weighted by atomic mass is 10.1. The Bertz CT molecular complexity index is 1290. The number of hydrogen-bond acceptors (Lipinski definition) is 7. The van der Waals surface area contributed by atoms with Gasteiger partial charge in [-0.15, -0.1) is 0 Å². The molecule has 1 fully saturated rings. The molecule has 0 bridgehead atoms. The van der Waals surface area contributed by atoms with Crippen molar-refractivity contribution in [3.8, 4) is 0 Å². The summed E-state index contributed by atoms with van der Waals surface area (Å²) < 4.78 is 0. The van der Waals surface area contributed by atoms with Crippen molar-refractivity contribution in [2.75, 3.05) is 31.1 Å². The third kappa shape index (κ3) is 3.83. The van der Waals surface area contributed by atoms with Gasteiger partial charge in [0, 0.05) is 44.2 Å². The molecule has 1 aliphatic rings. The van der Waals surface area contributed by atoms with Gasteiger partial charge in [-0.05, 0) is 18.9 Å². The number of benzene rings is 1. The summed E-state index contributed by atoms with van der Waals surface area (Å²) in [4.78, 5) is 37.5. The zero-order valence-corrected chi connectivity index (χ0v) is 16.9. The number of fused-ring (bicyclic) bond motifs is 2. The molecule has 10 heteroatoms. The Morgan fingerprint density at radius 2 is 1.84 bits per heavy atom. The standard InChI is InChI=1S/C21H22N8O2/c30-18(7-3-6-17-15-4-1-2-5-16(15)20(31)27-25-17)28-8-10-29(11-9-28)21-22-12-14-13-23-26-19(14)24-21/h1-2,4-5,12-13H,3,6-11H2,(H,27,31)(H,22,23,24,26). The number of amides is 1. The van der Waals surface area contributed by atoms with Gasteiger partial charge in [-0.3, -0.25) is 14.7 Å². The van der Waals surface area contributed by atoms with Gasteiger partial charge < -0.3 is 9.80 Å². The van der Waals surface area contributed by atoms with Crippen LogP contribution in [0.2, 0.25) is 0 Å². The van der Waals surface area contributed by atoms with Crippen molar-refractivity contribution in [3.63, 3.8) is 0 Å². The third-order valence-corrected chi connectivity index (χ3v) is 5.67. The molecule has 0 aliphatic carbocycles. The van der Waals surface area contributed by atoms with E-state index >= 15 is 0 Å². The van der Waals surface area contributed by atoms with Gasteiger partial charge in [-0.1, -0.05) is 18.2 Å². The number of anilines is 1. The number of H-pyrrole nitrogens is 2. The zero-order valence-electron chi connectivity index (χ0n) is 16.9.